The van der Waals surface area contributed by atoms with Gasteiger partial charge in [-0.05, 0) is 17.7 Å². The average molecular weight is 221 g/mol. The molecule has 0 saturated heterocycles. The molecule has 0 amide bonds. The van der Waals surface area contributed by atoms with E-state index in [-0.39, 0.29) is 18.9 Å². The van der Waals surface area contributed by atoms with Crippen LogP contribution in [0.15, 0.2) is 24.3 Å². The quantitative estimate of drug-likeness (QED) is 0.773. The zero-order valence-electron chi connectivity index (χ0n) is 8.84. The SMILES string of the molecule is C#Cc1ccc(CNC2CC(F)(F)C2)cc1. The molecule has 1 fully saturated rings. The zero-order chi connectivity index (χ0) is 11.6. The summed E-state index contributed by atoms with van der Waals surface area (Å²) in [6, 6.07) is 7.49. The number of halogens is 2. The van der Waals surface area contributed by atoms with E-state index in [9.17, 15) is 8.78 Å². The average Bonchev–Trinajstić information content (AvgIpc) is 2.24. The van der Waals surface area contributed by atoms with Crippen LogP contribution < -0.4 is 5.32 Å². The largest absolute Gasteiger partial charge is 0.309 e. The molecule has 0 aliphatic heterocycles. The molecule has 0 heterocycles. The molecule has 0 atom stereocenters. The van der Waals surface area contributed by atoms with Crippen LogP contribution in [0.5, 0.6) is 0 Å². The highest BCUT2D eigenvalue weighted by atomic mass is 19.3. The smallest absolute Gasteiger partial charge is 0.251 e. The second-order valence-corrected chi connectivity index (χ2v) is 4.18. The first-order valence-electron chi connectivity index (χ1n) is 5.26. The van der Waals surface area contributed by atoms with Crippen molar-refractivity contribution in [3.63, 3.8) is 0 Å². The van der Waals surface area contributed by atoms with E-state index in [1.54, 1.807) is 0 Å². The lowest BCUT2D eigenvalue weighted by Crippen LogP contribution is -2.48. The Kier molecular flexibility index (Phi) is 2.93. The van der Waals surface area contributed by atoms with Crippen molar-refractivity contribution in [2.75, 3.05) is 0 Å². The predicted octanol–water partition coefficient (Wildman–Crippen LogP) is 2.56. The molecule has 1 nitrogen and oxygen atoms in total. The molecule has 0 aromatic heterocycles. The molecule has 0 unspecified atom stereocenters. The minimum absolute atomic E-state index is 0.0462. The normalized spacial score (nSPS) is 18.8. The summed E-state index contributed by atoms with van der Waals surface area (Å²) < 4.78 is 25.1. The van der Waals surface area contributed by atoms with Gasteiger partial charge in [-0.3, -0.25) is 0 Å². The second-order valence-electron chi connectivity index (χ2n) is 4.18. The van der Waals surface area contributed by atoms with Gasteiger partial charge < -0.3 is 5.32 Å². The molecule has 84 valence electrons. The summed E-state index contributed by atoms with van der Waals surface area (Å²) >= 11 is 0. The maximum atomic E-state index is 12.6. The highest BCUT2D eigenvalue weighted by Crippen LogP contribution is 2.37. The third-order valence-electron chi connectivity index (χ3n) is 2.81. The minimum atomic E-state index is -2.45. The Balaban J connectivity index is 1.80. The van der Waals surface area contributed by atoms with Gasteiger partial charge >= 0.3 is 0 Å². The van der Waals surface area contributed by atoms with E-state index in [1.165, 1.54) is 0 Å². The van der Waals surface area contributed by atoms with Crippen molar-refractivity contribution in [1.82, 2.24) is 5.32 Å². The summed E-state index contributed by atoms with van der Waals surface area (Å²) in [7, 11) is 0. The van der Waals surface area contributed by atoms with Gasteiger partial charge in [0, 0.05) is 31.0 Å². The topological polar surface area (TPSA) is 12.0 Å². The van der Waals surface area contributed by atoms with Gasteiger partial charge in [0.25, 0.3) is 5.92 Å². The van der Waals surface area contributed by atoms with Gasteiger partial charge in [-0.2, -0.15) is 0 Å². The first-order chi connectivity index (χ1) is 7.59. The second kappa shape index (κ2) is 4.23. The Morgan fingerprint density at radius 3 is 2.44 bits per heavy atom. The fraction of sp³-hybridized carbons (Fsp3) is 0.385. The molecule has 1 saturated carbocycles. The Bertz CT molecular complexity index is 395. The van der Waals surface area contributed by atoms with Crippen LogP contribution in [0.2, 0.25) is 0 Å². The molecule has 0 bridgehead atoms. The first kappa shape index (κ1) is 11.1. The highest BCUT2D eigenvalue weighted by molar-refractivity contribution is 5.34. The molecule has 1 N–H and O–H groups in total. The third kappa shape index (κ3) is 2.59. The summed E-state index contributed by atoms with van der Waals surface area (Å²) in [5, 5.41) is 3.10. The van der Waals surface area contributed by atoms with Crippen molar-refractivity contribution in [2.45, 2.75) is 31.4 Å². The Morgan fingerprint density at radius 2 is 1.94 bits per heavy atom. The molecule has 16 heavy (non-hydrogen) atoms. The standard InChI is InChI=1S/C13H13F2N/c1-2-10-3-5-11(6-4-10)9-16-12-7-13(14,15)8-12/h1,3-6,12,16H,7-9H2. The van der Waals surface area contributed by atoms with Crippen LogP contribution in [0.25, 0.3) is 0 Å². The van der Waals surface area contributed by atoms with Crippen LogP contribution in [0.4, 0.5) is 8.78 Å². The maximum absolute atomic E-state index is 12.6. The molecule has 1 aromatic carbocycles. The van der Waals surface area contributed by atoms with Gasteiger partial charge in [0.2, 0.25) is 0 Å². The van der Waals surface area contributed by atoms with Crippen molar-refractivity contribution >= 4 is 0 Å². The van der Waals surface area contributed by atoms with Gasteiger partial charge in [0.15, 0.2) is 0 Å². The molecule has 1 aliphatic rings. The summed E-state index contributed by atoms with van der Waals surface area (Å²) in [5.41, 5.74) is 1.90. The molecular weight excluding hydrogens is 208 g/mol. The van der Waals surface area contributed by atoms with Crippen LogP contribution in [0, 0.1) is 12.3 Å². The fourth-order valence-corrected chi connectivity index (χ4v) is 1.79. The molecule has 0 radical (unpaired) electrons. The van der Waals surface area contributed by atoms with E-state index >= 15 is 0 Å². The summed E-state index contributed by atoms with van der Waals surface area (Å²) in [6.45, 7) is 0.617. The van der Waals surface area contributed by atoms with Crippen LogP contribution in [0.1, 0.15) is 24.0 Å². The lowest BCUT2D eigenvalue weighted by Gasteiger charge is -2.35. The number of hydrogen-bond donors (Lipinski definition) is 1. The van der Waals surface area contributed by atoms with Crippen LogP contribution >= 0.6 is 0 Å². The number of rotatable bonds is 3. The van der Waals surface area contributed by atoms with Gasteiger partial charge in [-0.25, -0.2) is 8.78 Å². The minimum Gasteiger partial charge on any atom is -0.309 e. The monoisotopic (exact) mass is 221 g/mol. The third-order valence-corrected chi connectivity index (χ3v) is 2.81. The van der Waals surface area contributed by atoms with Crippen molar-refractivity contribution in [3.8, 4) is 12.3 Å². The van der Waals surface area contributed by atoms with Crippen molar-refractivity contribution in [1.29, 1.82) is 0 Å². The van der Waals surface area contributed by atoms with E-state index in [1.807, 2.05) is 24.3 Å². The molecule has 2 rings (SSSR count). The number of terminal acetylenes is 1. The van der Waals surface area contributed by atoms with Gasteiger partial charge in [0.05, 0.1) is 0 Å². The van der Waals surface area contributed by atoms with E-state index in [4.69, 9.17) is 6.42 Å². The fourth-order valence-electron chi connectivity index (χ4n) is 1.79. The summed E-state index contributed by atoms with van der Waals surface area (Å²) in [6.07, 6.45) is 5.14. The van der Waals surface area contributed by atoms with Gasteiger partial charge in [-0.1, -0.05) is 18.1 Å². The predicted molar refractivity (Wildman–Crippen MR) is 59.2 cm³/mol. The van der Waals surface area contributed by atoms with E-state index in [0.717, 1.165) is 11.1 Å². The van der Waals surface area contributed by atoms with Gasteiger partial charge in [0.1, 0.15) is 0 Å². The van der Waals surface area contributed by atoms with E-state index in [0.29, 0.717) is 6.54 Å². The molecule has 1 aromatic rings. The highest BCUT2D eigenvalue weighted by Gasteiger charge is 2.44. The Hall–Kier alpha value is -1.40. The Labute approximate surface area is 93.9 Å². The van der Waals surface area contributed by atoms with E-state index < -0.39 is 5.92 Å². The van der Waals surface area contributed by atoms with Crippen molar-refractivity contribution < 1.29 is 8.78 Å². The van der Waals surface area contributed by atoms with Crippen molar-refractivity contribution in [2.24, 2.45) is 0 Å². The molecule has 1 aliphatic carbocycles. The summed E-state index contributed by atoms with van der Waals surface area (Å²) in [5.74, 6) is 0.0792. The van der Waals surface area contributed by atoms with Crippen molar-refractivity contribution in [3.05, 3.63) is 35.4 Å². The summed E-state index contributed by atoms with van der Waals surface area (Å²) in [4.78, 5) is 0. The number of nitrogens with one attached hydrogen (secondary N) is 1. The van der Waals surface area contributed by atoms with E-state index in [2.05, 4.69) is 11.2 Å². The lowest BCUT2D eigenvalue weighted by molar-refractivity contribution is -0.0930. The zero-order valence-corrected chi connectivity index (χ0v) is 8.84. The van der Waals surface area contributed by atoms with Crippen LogP contribution in [-0.4, -0.2) is 12.0 Å². The molecule has 3 heteroatoms. The number of alkyl halides is 2. The maximum Gasteiger partial charge on any atom is 0.251 e. The first-order valence-corrected chi connectivity index (χ1v) is 5.26. The van der Waals surface area contributed by atoms with Crippen LogP contribution in [0.3, 0.4) is 0 Å². The van der Waals surface area contributed by atoms with Crippen LogP contribution in [-0.2, 0) is 6.54 Å². The Morgan fingerprint density at radius 1 is 1.31 bits per heavy atom. The molecular formula is C13H13F2N. The lowest BCUT2D eigenvalue weighted by atomic mass is 9.88. The number of benzene rings is 1. The number of hydrogen-bond acceptors (Lipinski definition) is 1. The molecule has 0 spiro atoms. The van der Waals surface area contributed by atoms with Gasteiger partial charge in [-0.15, -0.1) is 6.42 Å².